The Labute approximate surface area is 143 Å². The van der Waals surface area contributed by atoms with Gasteiger partial charge in [-0.3, -0.25) is 14.9 Å². The summed E-state index contributed by atoms with van der Waals surface area (Å²) in [5.74, 6) is -0.387. The lowest BCUT2D eigenvalue weighted by molar-refractivity contribution is 0.0692. The van der Waals surface area contributed by atoms with Crippen molar-refractivity contribution in [3.05, 3.63) is 46.7 Å². The van der Waals surface area contributed by atoms with Crippen molar-refractivity contribution in [1.82, 2.24) is 9.88 Å². The zero-order chi connectivity index (χ0) is 17.1. The number of hydrogen-bond acceptors (Lipinski definition) is 4. The maximum absolute atomic E-state index is 13.2. The van der Waals surface area contributed by atoms with Gasteiger partial charge in [0.25, 0.3) is 11.8 Å². The van der Waals surface area contributed by atoms with Crippen LogP contribution in [-0.2, 0) is 0 Å². The smallest absolute Gasteiger partial charge is 0.273 e. The number of carbonyl (C=O) groups is 2. The van der Waals surface area contributed by atoms with Crippen LogP contribution in [0.4, 0.5) is 9.52 Å². The highest BCUT2D eigenvalue weighted by Gasteiger charge is 2.23. The van der Waals surface area contributed by atoms with Crippen molar-refractivity contribution in [3.8, 4) is 0 Å². The van der Waals surface area contributed by atoms with Gasteiger partial charge < -0.3 is 4.90 Å². The van der Waals surface area contributed by atoms with E-state index in [1.54, 1.807) is 10.3 Å². The Hall–Kier alpha value is -2.28. The van der Waals surface area contributed by atoms with Gasteiger partial charge in [0.15, 0.2) is 5.13 Å². The molecule has 0 radical (unpaired) electrons. The molecular formula is C17H18FN3O2S. The normalized spacial score (nSPS) is 15.3. The van der Waals surface area contributed by atoms with Gasteiger partial charge in [-0.1, -0.05) is 13.0 Å². The number of piperidine rings is 1. The van der Waals surface area contributed by atoms with E-state index in [-0.39, 0.29) is 11.5 Å². The number of halogens is 1. The second-order valence-electron chi connectivity index (χ2n) is 5.98. The maximum Gasteiger partial charge on any atom is 0.273 e. The van der Waals surface area contributed by atoms with Crippen LogP contribution in [0.2, 0.25) is 0 Å². The van der Waals surface area contributed by atoms with Crippen molar-refractivity contribution in [2.45, 2.75) is 19.8 Å². The van der Waals surface area contributed by atoms with Gasteiger partial charge in [-0.15, -0.1) is 11.3 Å². The molecule has 1 saturated heterocycles. The Balaban J connectivity index is 1.65. The summed E-state index contributed by atoms with van der Waals surface area (Å²) in [7, 11) is 0. The van der Waals surface area contributed by atoms with E-state index >= 15 is 0 Å². The lowest BCUT2D eigenvalue weighted by Crippen LogP contribution is -2.38. The van der Waals surface area contributed by atoms with Gasteiger partial charge in [0, 0.05) is 24.0 Å². The Morgan fingerprint density at radius 2 is 2.08 bits per heavy atom. The lowest BCUT2D eigenvalue weighted by atomic mass is 9.99. The lowest BCUT2D eigenvalue weighted by Gasteiger charge is -2.29. The summed E-state index contributed by atoms with van der Waals surface area (Å²) in [6.07, 6.45) is 2.00. The van der Waals surface area contributed by atoms with Crippen LogP contribution < -0.4 is 5.32 Å². The molecule has 0 saturated carbocycles. The van der Waals surface area contributed by atoms with Crippen LogP contribution in [0.1, 0.15) is 40.6 Å². The number of hydrogen-bond donors (Lipinski definition) is 1. The summed E-state index contributed by atoms with van der Waals surface area (Å²) >= 11 is 1.19. The third kappa shape index (κ3) is 3.79. The number of anilines is 1. The van der Waals surface area contributed by atoms with E-state index in [9.17, 15) is 14.0 Å². The van der Waals surface area contributed by atoms with Gasteiger partial charge in [0.05, 0.1) is 0 Å². The van der Waals surface area contributed by atoms with E-state index in [0.29, 0.717) is 16.7 Å². The van der Waals surface area contributed by atoms with E-state index in [1.807, 2.05) is 0 Å². The molecule has 3 rings (SSSR count). The van der Waals surface area contributed by atoms with Crippen LogP contribution in [0.3, 0.4) is 0 Å². The van der Waals surface area contributed by atoms with Gasteiger partial charge in [0.2, 0.25) is 0 Å². The number of benzene rings is 1. The monoisotopic (exact) mass is 347 g/mol. The maximum atomic E-state index is 13.2. The van der Waals surface area contributed by atoms with E-state index in [4.69, 9.17) is 0 Å². The fraction of sp³-hybridized carbons (Fsp3) is 0.353. The fourth-order valence-electron chi connectivity index (χ4n) is 2.60. The Morgan fingerprint density at radius 3 is 2.79 bits per heavy atom. The molecule has 1 fully saturated rings. The summed E-state index contributed by atoms with van der Waals surface area (Å²) in [6, 6.07) is 5.42. The van der Waals surface area contributed by atoms with Gasteiger partial charge in [-0.2, -0.15) is 0 Å². The van der Waals surface area contributed by atoms with Crippen LogP contribution in [-0.4, -0.2) is 34.8 Å². The largest absolute Gasteiger partial charge is 0.337 e. The first-order valence-corrected chi connectivity index (χ1v) is 8.72. The van der Waals surface area contributed by atoms with Crippen molar-refractivity contribution < 1.29 is 14.0 Å². The molecule has 7 heteroatoms. The van der Waals surface area contributed by atoms with E-state index < -0.39 is 11.7 Å². The second kappa shape index (κ2) is 7.09. The molecule has 2 heterocycles. The van der Waals surface area contributed by atoms with Crippen LogP contribution in [0.15, 0.2) is 29.6 Å². The fourth-order valence-corrected chi connectivity index (χ4v) is 3.28. The highest BCUT2D eigenvalue weighted by molar-refractivity contribution is 7.14. The van der Waals surface area contributed by atoms with Crippen molar-refractivity contribution in [2.24, 2.45) is 5.92 Å². The molecule has 1 aromatic heterocycles. The Kier molecular flexibility index (Phi) is 4.89. The van der Waals surface area contributed by atoms with Crippen molar-refractivity contribution >= 4 is 28.3 Å². The predicted octanol–water partition coefficient (Wildman–Crippen LogP) is 3.41. The molecule has 2 amide bonds. The van der Waals surface area contributed by atoms with Crippen molar-refractivity contribution in [3.63, 3.8) is 0 Å². The number of carbonyl (C=O) groups excluding carboxylic acids is 2. The first-order chi connectivity index (χ1) is 11.5. The van der Waals surface area contributed by atoms with Gasteiger partial charge in [-0.05, 0) is 37.0 Å². The minimum Gasteiger partial charge on any atom is -0.337 e. The number of thiazole rings is 1. The molecule has 1 aromatic carbocycles. The highest BCUT2D eigenvalue weighted by Crippen LogP contribution is 2.21. The number of likely N-dealkylation sites (tertiary alicyclic amines) is 1. The molecule has 5 nitrogen and oxygen atoms in total. The molecule has 1 aliphatic heterocycles. The average Bonchev–Trinajstić information content (AvgIpc) is 3.03. The highest BCUT2D eigenvalue weighted by atomic mass is 32.1. The molecule has 24 heavy (non-hydrogen) atoms. The topological polar surface area (TPSA) is 62.3 Å². The summed E-state index contributed by atoms with van der Waals surface area (Å²) < 4.78 is 13.2. The van der Waals surface area contributed by atoms with Gasteiger partial charge >= 0.3 is 0 Å². The first kappa shape index (κ1) is 16.6. The third-order valence-corrected chi connectivity index (χ3v) is 4.86. The first-order valence-electron chi connectivity index (χ1n) is 7.84. The SMILES string of the molecule is CC1CCN(C(=O)c2csc(NC(=O)c3cccc(F)c3)n2)CC1. The summed E-state index contributed by atoms with van der Waals surface area (Å²) in [5, 5.41) is 4.57. The van der Waals surface area contributed by atoms with Crippen LogP contribution in [0, 0.1) is 11.7 Å². The molecule has 0 unspecified atom stereocenters. The minimum atomic E-state index is -0.475. The van der Waals surface area contributed by atoms with Crippen LogP contribution in [0.25, 0.3) is 0 Å². The van der Waals surface area contributed by atoms with Gasteiger partial charge in [0.1, 0.15) is 11.5 Å². The number of nitrogens with one attached hydrogen (secondary N) is 1. The number of nitrogens with zero attached hydrogens (tertiary/aromatic N) is 2. The van der Waals surface area contributed by atoms with Crippen molar-refractivity contribution in [2.75, 3.05) is 18.4 Å². The number of aromatic nitrogens is 1. The van der Waals surface area contributed by atoms with E-state index in [2.05, 4.69) is 17.2 Å². The molecule has 0 aliphatic carbocycles. The molecule has 0 atom stereocenters. The third-order valence-electron chi connectivity index (χ3n) is 4.10. The molecule has 2 aromatic rings. The quantitative estimate of drug-likeness (QED) is 0.925. The predicted molar refractivity (Wildman–Crippen MR) is 90.8 cm³/mol. The molecule has 0 bridgehead atoms. The molecule has 1 N–H and O–H groups in total. The molecule has 1 aliphatic rings. The molecule has 0 spiro atoms. The van der Waals surface area contributed by atoms with Gasteiger partial charge in [-0.25, -0.2) is 9.37 Å². The zero-order valence-corrected chi connectivity index (χ0v) is 14.1. The van der Waals surface area contributed by atoms with Crippen LogP contribution >= 0.6 is 11.3 Å². The average molecular weight is 347 g/mol. The summed E-state index contributed by atoms with van der Waals surface area (Å²) in [4.78, 5) is 30.5. The molecule has 126 valence electrons. The standard InChI is InChI=1S/C17H18FN3O2S/c1-11-5-7-21(8-6-11)16(23)14-10-24-17(19-14)20-15(22)12-3-2-4-13(18)9-12/h2-4,9-11H,5-8H2,1H3,(H,19,20,22). The van der Waals surface area contributed by atoms with Crippen molar-refractivity contribution in [1.29, 1.82) is 0 Å². The Bertz CT molecular complexity index is 754. The number of rotatable bonds is 3. The Morgan fingerprint density at radius 1 is 1.33 bits per heavy atom. The summed E-state index contributed by atoms with van der Waals surface area (Å²) in [5.41, 5.74) is 0.548. The number of amides is 2. The van der Waals surface area contributed by atoms with E-state index in [1.165, 1.54) is 29.5 Å². The minimum absolute atomic E-state index is 0.107. The zero-order valence-electron chi connectivity index (χ0n) is 13.3. The van der Waals surface area contributed by atoms with E-state index in [0.717, 1.165) is 32.0 Å². The molecular weight excluding hydrogens is 329 g/mol. The second-order valence-corrected chi connectivity index (χ2v) is 6.84. The summed E-state index contributed by atoms with van der Waals surface area (Å²) in [6.45, 7) is 3.66. The van der Waals surface area contributed by atoms with Crippen LogP contribution in [0.5, 0.6) is 0 Å².